The molecule has 0 heterocycles. The van der Waals surface area contributed by atoms with Crippen LogP contribution in [0.2, 0.25) is 0 Å². The van der Waals surface area contributed by atoms with Gasteiger partial charge in [0.2, 0.25) is 5.91 Å². The van der Waals surface area contributed by atoms with E-state index in [2.05, 4.69) is 0 Å². The van der Waals surface area contributed by atoms with Crippen LogP contribution in [0.5, 0.6) is 0 Å². The Bertz CT molecular complexity index is 414. The van der Waals surface area contributed by atoms with Gasteiger partial charge in [-0.15, -0.1) is 0 Å². The van der Waals surface area contributed by atoms with E-state index in [0.29, 0.717) is 18.7 Å². The fraction of sp³-hybridized carbons (Fsp3) is 0.417. The lowest BCUT2D eigenvalue weighted by Gasteiger charge is -2.18. The van der Waals surface area contributed by atoms with E-state index in [1.165, 1.54) is 12.1 Å². The van der Waals surface area contributed by atoms with Gasteiger partial charge in [0.25, 0.3) is 5.69 Å². The number of benzene rings is 1. The van der Waals surface area contributed by atoms with Crippen LogP contribution >= 0.6 is 0 Å². The molecule has 0 fully saturated rings. The van der Waals surface area contributed by atoms with Crippen LogP contribution in [-0.2, 0) is 11.2 Å². The number of nitrogens with zero attached hydrogens (tertiary/aromatic N) is 2. The first-order valence-corrected chi connectivity index (χ1v) is 5.59. The quantitative estimate of drug-likeness (QED) is 0.580. The zero-order valence-corrected chi connectivity index (χ0v) is 10.0. The molecule has 0 aliphatic carbocycles. The predicted octanol–water partition coefficient (Wildman–Crippen LogP) is 2.01. The monoisotopic (exact) mass is 236 g/mol. The number of carbonyl (C=O) groups is 1. The molecule has 0 atom stereocenters. The van der Waals surface area contributed by atoms with Gasteiger partial charge in [-0.1, -0.05) is 12.1 Å². The average molecular weight is 236 g/mol. The summed E-state index contributed by atoms with van der Waals surface area (Å²) >= 11 is 0. The van der Waals surface area contributed by atoms with Crippen LogP contribution in [0.25, 0.3) is 0 Å². The molecule has 1 aromatic rings. The Labute approximate surface area is 100 Å². The molecule has 0 bridgehead atoms. The summed E-state index contributed by atoms with van der Waals surface area (Å²) in [5, 5.41) is 10.6. The summed E-state index contributed by atoms with van der Waals surface area (Å²) in [5.41, 5.74) is 0.700. The number of amides is 1. The van der Waals surface area contributed by atoms with Crippen LogP contribution in [0.4, 0.5) is 5.69 Å². The van der Waals surface area contributed by atoms with Crippen molar-refractivity contribution in [3.63, 3.8) is 0 Å². The topological polar surface area (TPSA) is 63.5 Å². The Balaban J connectivity index is 2.78. The van der Waals surface area contributed by atoms with Crippen molar-refractivity contribution in [2.24, 2.45) is 0 Å². The van der Waals surface area contributed by atoms with Gasteiger partial charge in [-0.25, -0.2) is 0 Å². The van der Waals surface area contributed by atoms with E-state index in [-0.39, 0.29) is 18.0 Å². The number of likely N-dealkylation sites (N-methyl/N-ethyl adjacent to an activating group) is 1. The normalized spacial score (nSPS) is 10.0. The van der Waals surface area contributed by atoms with E-state index in [9.17, 15) is 14.9 Å². The van der Waals surface area contributed by atoms with Gasteiger partial charge in [-0.2, -0.15) is 0 Å². The minimum Gasteiger partial charge on any atom is -0.343 e. The zero-order valence-electron chi connectivity index (χ0n) is 10.0. The smallest absolute Gasteiger partial charge is 0.269 e. The van der Waals surface area contributed by atoms with Crippen molar-refractivity contribution in [1.29, 1.82) is 0 Å². The number of nitro groups is 1. The second kappa shape index (κ2) is 5.98. The Morgan fingerprint density at radius 1 is 1.35 bits per heavy atom. The van der Waals surface area contributed by atoms with Gasteiger partial charge in [0, 0.05) is 25.2 Å². The summed E-state index contributed by atoms with van der Waals surface area (Å²) in [6, 6.07) is 6.20. The van der Waals surface area contributed by atoms with Crippen molar-refractivity contribution in [3.05, 3.63) is 39.9 Å². The lowest BCUT2D eigenvalue weighted by molar-refractivity contribution is -0.384. The Kier molecular flexibility index (Phi) is 4.63. The molecule has 17 heavy (non-hydrogen) atoms. The minimum absolute atomic E-state index is 0.00417. The third-order valence-corrected chi connectivity index (χ3v) is 2.59. The number of carbonyl (C=O) groups excluding carboxylic acids is 1. The highest BCUT2D eigenvalue weighted by molar-refractivity contribution is 5.78. The first-order valence-electron chi connectivity index (χ1n) is 5.59. The van der Waals surface area contributed by atoms with Gasteiger partial charge >= 0.3 is 0 Å². The van der Waals surface area contributed by atoms with Crippen LogP contribution in [-0.4, -0.2) is 28.8 Å². The summed E-state index contributed by atoms with van der Waals surface area (Å²) in [6.07, 6.45) is 0.212. The molecule has 0 spiro atoms. The molecule has 0 saturated heterocycles. The molecular weight excluding hydrogens is 220 g/mol. The van der Waals surface area contributed by atoms with Crippen molar-refractivity contribution < 1.29 is 9.72 Å². The number of rotatable bonds is 5. The van der Waals surface area contributed by atoms with Crippen molar-refractivity contribution in [2.75, 3.05) is 13.1 Å². The molecular formula is C12H16N2O3. The van der Waals surface area contributed by atoms with Crippen molar-refractivity contribution in [1.82, 2.24) is 4.90 Å². The van der Waals surface area contributed by atoms with E-state index >= 15 is 0 Å². The second-order valence-electron chi connectivity index (χ2n) is 3.67. The molecule has 0 radical (unpaired) electrons. The maximum Gasteiger partial charge on any atom is 0.269 e. The molecule has 1 amide bonds. The molecule has 5 heteroatoms. The number of nitro benzene ring substituents is 1. The van der Waals surface area contributed by atoms with Gasteiger partial charge in [-0.3, -0.25) is 14.9 Å². The summed E-state index contributed by atoms with van der Waals surface area (Å²) in [5.74, 6) is -0.00417. The minimum atomic E-state index is -0.453. The second-order valence-corrected chi connectivity index (χ2v) is 3.67. The Hall–Kier alpha value is -1.91. The highest BCUT2D eigenvalue weighted by Gasteiger charge is 2.12. The third-order valence-electron chi connectivity index (χ3n) is 2.59. The predicted molar refractivity (Wildman–Crippen MR) is 64.7 cm³/mol. The molecule has 0 unspecified atom stereocenters. The van der Waals surface area contributed by atoms with E-state index < -0.39 is 4.92 Å². The SMILES string of the molecule is CCN(CC)C(=O)Cc1cccc([N+](=O)[O-])c1. The van der Waals surface area contributed by atoms with Gasteiger partial charge in [0.1, 0.15) is 0 Å². The fourth-order valence-electron chi connectivity index (χ4n) is 1.64. The molecule has 0 aromatic heterocycles. The van der Waals surface area contributed by atoms with Gasteiger partial charge < -0.3 is 4.90 Å². The first kappa shape index (κ1) is 13.2. The van der Waals surface area contributed by atoms with Crippen LogP contribution in [0.1, 0.15) is 19.4 Å². The fourth-order valence-corrected chi connectivity index (χ4v) is 1.64. The van der Waals surface area contributed by atoms with Crippen molar-refractivity contribution in [2.45, 2.75) is 20.3 Å². The molecule has 92 valence electrons. The van der Waals surface area contributed by atoms with Gasteiger partial charge in [0.05, 0.1) is 11.3 Å². The standard InChI is InChI=1S/C12H16N2O3/c1-3-13(4-2)12(15)9-10-6-5-7-11(8-10)14(16)17/h5-8H,3-4,9H2,1-2H3. The summed E-state index contributed by atoms with van der Waals surface area (Å²) in [7, 11) is 0. The van der Waals surface area contributed by atoms with E-state index in [1.807, 2.05) is 13.8 Å². The third kappa shape index (κ3) is 3.55. The van der Waals surface area contributed by atoms with E-state index in [0.717, 1.165) is 0 Å². The molecule has 5 nitrogen and oxygen atoms in total. The summed E-state index contributed by atoms with van der Waals surface area (Å²) in [6.45, 7) is 5.14. The average Bonchev–Trinajstić information content (AvgIpc) is 2.30. The van der Waals surface area contributed by atoms with Crippen molar-refractivity contribution in [3.8, 4) is 0 Å². The van der Waals surface area contributed by atoms with Crippen LogP contribution in [0, 0.1) is 10.1 Å². The molecule has 0 N–H and O–H groups in total. The largest absolute Gasteiger partial charge is 0.343 e. The van der Waals surface area contributed by atoms with E-state index in [1.54, 1.807) is 17.0 Å². The van der Waals surface area contributed by atoms with E-state index in [4.69, 9.17) is 0 Å². The highest BCUT2D eigenvalue weighted by atomic mass is 16.6. The number of non-ortho nitro benzene ring substituents is 1. The van der Waals surface area contributed by atoms with Crippen LogP contribution in [0.15, 0.2) is 24.3 Å². The van der Waals surface area contributed by atoms with Gasteiger partial charge in [0.15, 0.2) is 0 Å². The zero-order chi connectivity index (χ0) is 12.8. The molecule has 1 rings (SSSR count). The van der Waals surface area contributed by atoms with Crippen molar-refractivity contribution >= 4 is 11.6 Å². The lowest BCUT2D eigenvalue weighted by Crippen LogP contribution is -2.31. The number of hydrogen-bond acceptors (Lipinski definition) is 3. The van der Waals surface area contributed by atoms with Crippen LogP contribution in [0.3, 0.4) is 0 Å². The molecule has 0 aliphatic heterocycles. The maximum atomic E-state index is 11.8. The summed E-state index contributed by atoms with van der Waals surface area (Å²) < 4.78 is 0. The molecule has 0 saturated carbocycles. The number of hydrogen-bond donors (Lipinski definition) is 0. The maximum absolute atomic E-state index is 11.8. The molecule has 1 aromatic carbocycles. The first-order chi connectivity index (χ1) is 8.08. The lowest BCUT2D eigenvalue weighted by atomic mass is 10.1. The Morgan fingerprint density at radius 3 is 2.53 bits per heavy atom. The molecule has 0 aliphatic rings. The van der Waals surface area contributed by atoms with Gasteiger partial charge in [-0.05, 0) is 19.4 Å². The summed E-state index contributed by atoms with van der Waals surface area (Å²) in [4.78, 5) is 23.7. The Morgan fingerprint density at radius 2 is 2.00 bits per heavy atom. The highest BCUT2D eigenvalue weighted by Crippen LogP contribution is 2.14. The van der Waals surface area contributed by atoms with Crippen LogP contribution < -0.4 is 0 Å².